The zero-order valence-electron chi connectivity index (χ0n) is 7.65. The molecule has 6 heteroatoms. The lowest BCUT2D eigenvalue weighted by Crippen LogP contribution is -2.55. The van der Waals surface area contributed by atoms with E-state index in [-0.39, 0.29) is 5.11 Å². The molecule has 5 nitrogen and oxygen atoms in total. The average molecular weight is 224 g/mol. The fraction of sp³-hybridized carbons (Fsp3) is 0.222. The minimum Gasteiger partial charge on any atom is -0.470 e. The van der Waals surface area contributed by atoms with E-state index in [2.05, 4.69) is 22.9 Å². The highest BCUT2D eigenvalue weighted by Gasteiger charge is 2.31. The van der Waals surface area contributed by atoms with Crippen LogP contribution in [0.25, 0.3) is 0 Å². The standard InChI is InChI=1S/C9H8N2O3S/c12-7-6(4-5-2-1-3-14-5)8(13)11-9(15)10-7/h1,3-4,6H,2H2,(H2,10,11,12,13,15). The topological polar surface area (TPSA) is 67.4 Å². The van der Waals surface area contributed by atoms with Crippen LogP contribution in [-0.4, -0.2) is 16.9 Å². The van der Waals surface area contributed by atoms with Crippen LogP contribution in [0.1, 0.15) is 6.42 Å². The summed E-state index contributed by atoms with van der Waals surface area (Å²) in [7, 11) is 0. The van der Waals surface area contributed by atoms with Gasteiger partial charge in [0.25, 0.3) is 0 Å². The van der Waals surface area contributed by atoms with Gasteiger partial charge in [-0.1, -0.05) is 0 Å². The first-order valence-corrected chi connectivity index (χ1v) is 4.75. The average Bonchev–Trinajstić information content (AvgIpc) is 2.63. The Labute approximate surface area is 91.2 Å². The van der Waals surface area contributed by atoms with Crippen molar-refractivity contribution in [1.82, 2.24) is 10.6 Å². The van der Waals surface area contributed by atoms with Crippen molar-refractivity contribution in [2.75, 3.05) is 0 Å². The number of amides is 2. The molecule has 0 spiro atoms. The van der Waals surface area contributed by atoms with Gasteiger partial charge in [-0.2, -0.15) is 0 Å². The highest BCUT2D eigenvalue weighted by atomic mass is 32.1. The van der Waals surface area contributed by atoms with Gasteiger partial charge in [0.15, 0.2) is 5.11 Å². The summed E-state index contributed by atoms with van der Waals surface area (Å²) in [5.41, 5.74) is 0. The Morgan fingerprint density at radius 3 is 2.60 bits per heavy atom. The molecule has 1 fully saturated rings. The van der Waals surface area contributed by atoms with E-state index in [1.807, 2.05) is 0 Å². The predicted molar refractivity (Wildman–Crippen MR) is 55.3 cm³/mol. The maximum atomic E-state index is 11.4. The molecule has 2 aliphatic rings. The second-order valence-corrected chi connectivity index (χ2v) is 3.52. The third-order valence-corrected chi connectivity index (χ3v) is 2.23. The number of carbonyl (C=O) groups is 2. The molecular formula is C9H8N2O3S. The highest BCUT2D eigenvalue weighted by Crippen LogP contribution is 2.17. The van der Waals surface area contributed by atoms with Crippen molar-refractivity contribution >= 4 is 29.1 Å². The summed E-state index contributed by atoms with van der Waals surface area (Å²) >= 11 is 4.67. The van der Waals surface area contributed by atoms with E-state index in [9.17, 15) is 9.59 Å². The van der Waals surface area contributed by atoms with Gasteiger partial charge in [-0.25, -0.2) is 0 Å². The zero-order chi connectivity index (χ0) is 10.8. The van der Waals surface area contributed by atoms with E-state index in [4.69, 9.17) is 4.74 Å². The van der Waals surface area contributed by atoms with Crippen LogP contribution in [0.5, 0.6) is 0 Å². The molecule has 0 aromatic rings. The van der Waals surface area contributed by atoms with Crippen LogP contribution < -0.4 is 10.6 Å². The van der Waals surface area contributed by atoms with E-state index in [1.54, 1.807) is 6.08 Å². The molecule has 2 heterocycles. The monoisotopic (exact) mass is 224 g/mol. The molecule has 0 bridgehead atoms. The van der Waals surface area contributed by atoms with E-state index < -0.39 is 17.7 Å². The van der Waals surface area contributed by atoms with Crippen molar-refractivity contribution in [2.45, 2.75) is 6.42 Å². The summed E-state index contributed by atoms with van der Waals surface area (Å²) in [6.45, 7) is 0. The Bertz CT molecular complexity index is 370. The molecule has 0 aromatic heterocycles. The minimum atomic E-state index is -0.869. The Morgan fingerprint density at radius 1 is 1.40 bits per heavy atom. The summed E-state index contributed by atoms with van der Waals surface area (Å²) in [5, 5.41) is 4.79. The number of ether oxygens (including phenoxy) is 1. The number of hydrogen-bond donors (Lipinski definition) is 2. The van der Waals surface area contributed by atoms with Gasteiger partial charge in [0.2, 0.25) is 11.8 Å². The van der Waals surface area contributed by atoms with Crippen molar-refractivity contribution in [2.24, 2.45) is 5.92 Å². The van der Waals surface area contributed by atoms with Crippen molar-refractivity contribution in [3.05, 3.63) is 24.2 Å². The number of hydrogen-bond acceptors (Lipinski definition) is 4. The van der Waals surface area contributed by atoms with Crippen molar-refractivity contribution < 1.29 is 14.3 Å². The molecule has 15 heavy (non-hydrogen) atoms. The highest BCUT2D eigenvalue weighted by molar-refractivity contribution is 7.80. The molecule has 0 radical (unpaired) electrons. The molecule has 2 N–H and O–H groups in total. The van der Waals surface area contributed by atoms with Crippen LogP contribution >= 0.6 is 12.2 Å². The molecule has 2 aliphatic heterocycles. The third kappa shape index (κ3) is 2.04. The largest absolute Gasteiger partial charge is 0.470 e. The second-order valence-electron chi connectivity index (χ2n) is 3.11. The summed E-state index contributed by atoms with van der Waals surface area (Å²) < 4.78 is 5.07. The lowest BCUT2D eigenvalue weighted by atomic mass is 10.0. The molecular weight excluding hydrogens is 216 g/mol. The normalized spacial score (nSPS) is 24.0. The molecule has 78 valence electrons. The number of rotatable bonds is 1. The molecule has 0 unspecified atom stereocenters. The van der Waals surface area contributed by atoms with Crippen LogP contribution in [0, 0.1) is 5.92 Å². The number of allylic oxidation sites excluding steroid dienone is 1. The van der Waals surface area contributed by atoms with E-state index in [0.717, 1.165) is 0 Å². The Hall–Kier alpha value is -1.69. The third-order valence-electron chi connectivity index (χ3n) is 2.03. The van der Waals surface area contributed by atoms with Crippen LogP contribution in [0.2, 0.25) is 0 Å². The molecule has 0 atom stereocenters. The molecule has 0 aromatic carbocycles. The quantitative estimate of drug-likeness (QED) is 0.484. The minimum absolute atomic E-state index is 0.0464. The number of nitrogens with one attached hydrogen (secondary N) is 2. The number of carbonyl (C=O) groups excluding carboxylic acids is 2. The second kappa shape index (κ2) is 3.82. The SMILES string of the molecule is O=C1NC(=S)NC(=O)C1C=C1CC=CO1. The van der Waals surface area contributed by atoms with E-state index in [1.165, 1.54) is 12.3 Å². The van der Waals surface area contributed by atoms with Crippen molar-refractivity contribution in [3.8, 4) is 0 Å². The maximum absolute atomic E-state index is 11.4. The first-order valence-electron chi connectivity index (χ1n) is 4.35. The van der Waals surface area contributed by atoms with Crippen LogP contribution in [0.15, 0.2) is 24.2 Å². The summed E-state index contributed by atoms with van der Waals surface area (Å²) in [4.78, 5) is 22.8. The van der Waals surface area contributed by atoms with Gasteiger partial charge >= 0.3 is 0 Å². The molecule has 0 saturated carbocycles. The smallest absolute Gasteiger partial charge is 0.242 e. The summed E-state index contributed by atoms with van der Waals surface area (Å²) in [6, 6.07) is 0. The van der Waals surface area contributed by atoms with Crippen LogP contribution in [0.4, 0.5) is 0 Å². The summed E-state index contributed by atoms with van der Waals surface area (Å²) in [6.07, 6.45) is 5.41. The van der Waals surface area contributed by atoms with Crippen LogP contribution in [0.3, 0.4) is 0 Å². The fourth-order valence-corrected chi connectivity index (χ4v) is 1.52. The lowest BCUT2D eigenvalue weighted by molar-refractivity contribution is -0.133. The molecule has 1 saturated heterocycles. The van der Waals surface area contributed by atoms with E-state index in [0.29, 0.717) is 12.2 Å². The maximum Gasteiger partial charge on any atom is 0.242 e. The van der Waals surface area contributed by atoms with Crippen LogP contribution in [-0.2, 0) is 14.3 Å². The van der Waals surface area contributed by atoms with Gasteiger partial charge in [-0.05, 0) is 24.4 Å². The van der Waals surface area contributed by atoms with Crippen molar-refractivity contribution in [3.63, 3.8) is 0 Å². The van der Waals surface area contributed by atoms with Gasteiger partial charge < -0.3 is 15.4 Å². The van der Waals surface area contributed by atoms with Gasteiger partial charge in [0, 0.05) is 6.42 Å². The van der Waals surface area contributed by atoms with Crippen molar-refractivity contribution in [1.29, 1.82) is 0 Å². The predicted octanol–water partition coefficient (Wildman–Crippen LogP) is -0.0486. The first-order chi connectivity index (χ1) is 7.16. The fourth-order valence-electron chi connectivity index (χ4n) is 1.32. The van der Waals surface area contributed by atoms with Gasteiger partial charge in [0.1, 0.15) is 11.7 Å². The zero-order valence-corrected chi connectivity index (χ0v) is 8.47. The molecule has 0 aliphatic carbocycles. The summed E-state index contributed by atoms with van der Waals surface area (Å²) in [5.74, 6) is -1.12. The Kier molecular flexibility index (Phi) is 2.51. The molecule has 2 rings (SSSR count). The Balaban J connectivity index is 2.14. The lowest BCUT2D eigenvalue weighted by Gasteiger charge is -2.20. The van der Waals surface area contributed by atoms with Gasteiger partial charge in [0.05, 0.1) is 6.26 Å². The first kappa shape index (κ1) is 9.85. The van der Waals surface area contributed by atoms with Gasteiger partial charge in [-0.15, -0.1) is 0 Å². The molecule has 2 amide bonds. The Morgan fingerprint density at radius 2 is 2.07 bits per heavy atom. The van der Waals surface area contributed by atoms with Gasteiger partial charge in [-0.3, -0.25) is 9.59 Å². The number of thiocarbonyl (C=S) groups is 1. The van der Waals surface area contributed by atoms with E-state index >= 15 is 0 Å².